The van der Waals surface area contributed by atoms with Crippen LogP contribution in [0.4, 0.5) is 0 Å². The number of rotatable bonds is 4. The number of nitrogens with one attached hydrogen (secondary N) is 1. The number of aromatic hydroxyl groups is 1. The van der Waals surface area contributed by atoms with Crippen LogP contribution in [-0.4, -0.2) is 17.6 Å². The third-order valence-electron chi connectivity index (χ3n) is 5.02. The van der Waals surface area contributed by atoms with Crippen molar-refractivity contribution in [1.29, 1.82) is 0 Å². The molecule has 5 heteroatoms. The van der Waals surface area contributed by atoms with Gasteiger partial charge in [0.15, 0.2) is 5.96 Å². The fraction of sp³-hybridized carbons (Fsp3) is 0.136. The molecule has 3 aromatic carbocycles. The van der Waals surface area contributed by atoms with Crippen molar-refractivity contribution in [3.8, 4) is 16.9 Å². The first-order valence-electron chi connectivity index (χ1n) is 8.91. The summed E-state index contributed by atoms with van der Waals surface area (Å²) >= 11 is 0. The minimum Gasteiger partial charge on any atom is -0.507 e. The number of benzene rings is 3. The second kappa shape index (κ2) is 6.78. The molecule has 1 atom stereocenters. The van der Waals surface area contributed by atoms with Gasteiger partial charge >= 0.3 is 0 Å². The van der Waals surface area contributed by atoms with Crippen molar-refractivity contribution in [1.82, 2.24) is 5.32 Å². The van der Waals surface area contributed by atoms with Gasteiger partial charge in [-0.15, -0.1) is 0 Å². The van der Waals surface area contributed by atoms with Gasteiger partial charge < -0.3 is 21.9 Å². The van der Waals surface area contributed by atoms with Gasteiger partial charge in [0, 0.05) is 17.2 Å². The zero-order valence-electron chi connectivity index (χ0n) is 14.9. The van der Waals surface area contributed by atoms with E-state index in [4.69, 9.17) is 11.5 Å². The molecule has 0 spiro atoms. The number of phenols is 1. The molecule has 0 aromatic heterocycles. The SMILES string of the molecule is C=C(N=C(N)N)c1ccc2cccc(-c3ccc(C4CCN4)cc3O)c2c1. The molecule has 1 aliphatic heterocycles. The monoisotopic (exact) mass is 358 g/mol. The first kappa shape index (κ1) is 17.1. The minimum atomic E-state index is -0.0220. The number of nitrogens with two attached hydrogens (primary N) is 2. The minimum absolute atomic E-state index is 0.0220. The van der Waals surface area contributed by atoms with Gasteiger partial charge in [0.2, 0.25) is 0 Å². The summed E-state index contributed by atoms with van der Waals surface area (Å²) in [6, 6.07) is 18.2. The average molecular weight is 358 g/mol. The molecule has 1 aliphatic rings. The molecule has 1 saturated heterocycles. The van der Waals surface area contributed by atoms with Crippen molar-refractivity contribution >= 4 is 22.4 Å². The van der Waals surface area contributed by atoms with Crippen LogP contribution < -0.4 is 16.8 Å². The lowest BCUT2D eigenvalue weighted by atomic mass is 9.92. The average Bonchev–Trinajstić information content (AvgIpc) is 2.59. The summed E-state index contributed by atoms with van der Waals surface area (Å²) in [6.45, 7) is 4.96. The van der Waals surface area contributed by atoms with Crippen LogP contribution in [0.25, 0.3) is 27.6 Å². The van der Waals surface area contributed by atoms with E-state index in [-0.39, 0.29) is 11.7 Å². The van der Waals surface area contributed by atoms with E-state index in [9.17, 15) is 5.11 Å². The summed E-state index contributed by atoms with van der Waals surface area (Å²) in [5.74, 6) is 0.258. The van der Waals surface area contributed by atoms with E-state index in [2.05, 4.69) is 23.0 Å². The molecular formula is C22H22N4O. The number of phenolic OH excluding ortho intramolecular Hbond substituents is 1. The van der Waals surface area contributed by atoms with E-state index >= 15 is 0 Å². The zero-order valence-corrected chi connectivity index (χ0v) is 14.9. The van der Waals surface area contributed by atoms with Crippen molar-refractivity contribution < 1.29 is 5.11 Å². The summed E-state index contributed by atoms with van der Waals surface area (Å²) in [5, 5.41) is 16.1. The Morgan fingerprint density at radius 1 is 1.07 bits per heavy atom. The van der Waals surface area contributed by atoms with Crippen LogP contribution >= 0.6 is 0 Å². The van der Waals surface area contributed by atoms with Gasteiger partial charge in [0.25, 0.3) is 0 Å². The Morgan fingerprint density at radius 3 is 2.56 bits per heavy atom. The highest BCUT2D eigenvalue weighted by molar-refractivity contribution is 5.99. The lowest BCUT2D eigenvalue weighted by molar-refractivity contribution is 0.381. The molecule has 0 saturated carbocycles. The maximum absolute atomic E-state index is 10.7. The Hall–Kier alpha value is -3.31. The van der Waals surface area contributed by atoms with Crippen LogP contribution in [0.5, 0.6) is 5.75 Å². The molecule has 5 nitrogen and oxygen atoms in total. The highest BCUT2D eigenvalue weighted by Crippen LogP contribution is 2.37. The van der Waals surface area contributed by atoms with Crippen LogP contribution in [0.1, 0.15) is 23.6 Å². The predicted octanol–water partition coefficient (Wildman–Crippen LogP) is 3.49. The summed E-state index contributed by atoms with van der Waals surface area (Å²) in [5.41, 5.74) is 15.1. The second-order valence-corrected chi connectivity index (χ2v) is 6.80. The van der Waals surface area contributed by atoms with Gasteiger partial charge in [-0.2, -0.15) is 0 Å². The first-order valence-corrected chi connectivity index (χ1v) is 8.91. The van der Waals surface area contributed by atoms with Crippen LogP contribution in [-0.2, 0) is 0 Å². The number of hydrogen-bond acceptors (Lipinski definition) is 3. The van der Waals surface area contributed by atoms with Gasteiger partial charge in [0.1, 0.15) is 5.75 Å². The van der Waals surface area contributed by atoms with E-state index < -0.39 is 0 Å². The summed E-state index contributed by atoms with van der Waals surface area (Å²) in [6.07, 6.45) is 1.10. The molecular weight excluding hydrogens is 336 g/mol. The number of hydrogen-bond donors (Lipinski definition) is 4. The van der Waals surface area contributed by atoms with Crippen molar-refractivity contribution in [3.05, 3.63) is 72.3 Å². The molecule has 1 heterocycles. The highest BCUT2D eigenvalue weighted by Gasteiger charge is 2.20. The Labute approximate surface area is 158 Å². The third-order valence-corrected chi connectivity index (χ3v) is 5.02. The first-order chi connectivity index (χ1) is 13.0. The molecule has 0 aliphatic carbocycles. The molecule has 27 heavy (non-hydrogen) atoms. The molecule has 0 radical (unpaired) electrons. The largest absolute Gasteiger partial charge is 0.507 e. The maximum atomic E-state index is 10.7. The van der Waals surface area contributed by atoms with Gasteiger partial charge in [-0.1, -0.05) is 49.0 Å². The predicted molar refractivity (Wildman–Crippen MR) is 111 cm³/mol. The van der Waals surface area contributed by atoms with E-state index in [1.54, 1.807) is 0 Å². The maximum Gasteiger partial charge on any atom is 0.191 e. The van der Waals surface area contributed by atoms with Crippen molar-refractivity contribution in [3.63, 3.8) is 0 Å². The molecule has 1 fully saturated rings. The van der Waals surface area contributed by atoms with Gasteiger partial charge in [-0.3, -0.25) is 0 Å². The van der Waals surface area contributed by atoms with Crippen molar-refractivity contribution in [2.45, 2.75) is 12.5 Å². The smallest absolute Gasteiger partial charge is 0.191 e. The van der Waals surface area contributed by atoms with Crippen LogP contribution in [0.3, 0.4) is 0 Å². The molecule has 0 bridgehead atoms. The normalized spacial score (nSPS) is 15.9. The molecule has 6 N–H and O–H groups in total. The number of nitrogens with zero attached hydrogens (tertiary/aromatic N) is 1. The fourth-order valence-electron chi connectivity index (χ4n) is 3.47. The number of aliphatic imine (C=N–C) groups is 1. The van der Waals surface area contributed by atoms with Crippen LogP contribution in [0, 0.1) is 0 Å². The summed E-state index contributed by atoms with van der Waals surface area (Å²) < 4.78 is 0. The molecule has 4 rings (SSSR count). The van der Waals surface area contributed by atoms with Crippen molar-refractivity contribution in [2.75, 3.05) is 6.54 Å². The van der Waals surface area contributed by atoms with E-state index in [1.807, 2.05) is 48.5 Å². The molecule has 1 unspecified atom stereocenters. The standard InChI is InChI=1S/C22H22N4O/c1-13(26-22(23)24)15-6-5-14-3-2-4-17(19(14)11-15)18-8-7-16(12-21(18)27)20-9-10-25-20/h2-8,11-12,20,25,27H,1,9-10H2,(H4,23,24,26). The summed E-state index contributed by atoms with van der Waals surface area (Å²) in [7, 11) is 0. The molecule has 0 amide bonds. The highest BCUT2D eigenvalue weighted by atomic mass is 16.3. The summed E-state index contributed by atoms with van der Waals surface area (Å²) in [4.78, 5) is 4.04. The Balaban J connectivity index is 1.81. The van der Waals surface area contributed by atoms with E-state index in [0.717, 1.165) is 46.0 Å². The fourth-order valence-corrected chi connectivity index (χ4v) is 3.47. The Kier molecular flexibility index (Phi) is 4.30. The lowest BCUT2D eigenvalue weighted by Crippen LogP contribution is -2.34. The van der Waals surface area contributed by atoms with Gasteiger partial charge in [0.05, 0.1) is 5.70 Å². The third kappa shape index (κ3) is 3.25. The molecule has 136 valence electrons. The van der Waals surface area contributed by atoms with Gasteiger partial charge in [-0.25, -0.2) is 4.99 Å². The van der Waals surface area contributed by atoms with E-state index in [0.29, 0.717) is 11.7 Å². The van der Waals surface area contributed by atoms with Crippen LogP contribution in [0.2, 0.25) is 0 Å². The van der Waals surface area contributed by atoms with Gasteiger partial charge in [-0.05, 0) is 47.0 Å². The van der Waals surface area contributed by atoms with E-state index in [1.165, 1.54) is 0 Å². The lowest BCUT2D eigenvalue weighted by Gasteiger charge is -2.28. The second-order valence-electron chi connectivity index (χ2n) is 6.80. The number of fused-ring (bicyclic) bond motifs is 1. The zero-order chi connectivity index (χ0) is 19.0. The van der Waals surface area contributed by atoms with Crippen molar-refractivity contribution in [2.24, 2.45) is 16.5 Å². The Bertz CT molecular complexity index is 1060. The number of guanidine groups is 1. The quantitative estimate of drug-likeness (QED) is 0.424. The Morgan fingerprint density at radius 2 is 1.89 bits per heavy atom. The molecule has 3 aromatic rings. The van der Waals surface area contributed by atoms with Crippen LogP contribution in [0.15, 0.2) is 66.2 Å². The topological polar surface area (TPSA) is 96.7 Å².